The molecule has 4 rings (SSSR count). The minimum absolute atomic E-state index is 0.163. The lowest BCUT2D eigenvalue weighted by Gasteiger charge is -2.13. The van der Waals surface area contributed by atoms with Crippen LogP contribution in [0.4, 0.5) is 0 Å². The van der Waals surface area contributed by atoms with Crippen molar-refractivity contribution in [2.24, 2.45) is 5.92 Å². The average molecular weight is 599 g/mol. The fourth-order valence-electron chi connectivity index (χ4n) is 4.79. The van der Waals surface area contributed by atoms with E-state index in [0.717, 1.165) is 36.8 Å². The molecular weight excluding hydrogens is 560 g/mol. The van der Waals surface area contributed by atoms with E-state index in [4.69, 9.17) is 23.4 Å². The molecule has 0 amide bonds. The van der Waals surface area contributed by atoms with Crippen LogP contribution in [0.2, 0.25) is 0 Å². The van der Waals surface area contributed by atoms with Crippen LogP contribution in [0.25, 0.3) is 28.4 Å². The second-order valence-corrected chi connectivity index (χ2v) is 10.5. The van der Waals surface area contributed by atoms with E-state index >= 15 is 0 Å². The van der Waals surface area contributed by atoms with Crippen molar-refractivity contribution in [2.75, 3.05) is 14.2 Å². The molecule has 230 valence electrons. The van der Waals surface area contributed by atoms with E-state index in [-0.39, 0.29) is 40.5 Å². The lowest BCUT2D eigenvalue weighted by molar-refractivity contribution is -0.146. The van der Waals surface area contributed by atoms with Crippen LogP contribution in [0.1, 0.15) is 57.1 Å². The Bertz CT molecular complexity index is 1650. The van der Waals surface area contributed by atoms with Crippen LogP contribution in [0.5, 0.6) is 17.2 Å². The van der Waals surface area contributed by atoms with Crippen molar-refractivity contribution in [1.29, 1.82) is 0 Å². The molecule has 1 heterocycles. The zero-order valence-electron chi connectivity index (χ0n) is 25.6. The number of hydrogen-bond donors (Lipinski definition) is 0. The van der Waals surface area contributed by atoms with Crippen LogP contribution in [-0.2, 0) is 20.9 Å². The zero-order valence-corrected chi connectivity index (χ0v) is 25.6. The van der Waals surface area contributed by atoms with Gasteiger partial charge in [-0.3, -0.25) is 9.59 Å². The first-order chi connectivity index (χ1) is 21.3. The number of rotatable bonds is 14. The number of fused-ring (bicyclic) bond motifs is 1. The molecular formula is C36H38O8. The first-order valence-corrected chi connectivity index (χ1v) is 14.8. The monoisotopic (exact) mass is 598 g/mol. The second-order valence-electron chi connectivity index (χ2n) is 10.5. The highest BCUT2D eigenvalue weighted by atomic mass is 16.5. The molecule has 1 unspecified atom stereocenters. The molecule has 44 heavy (non-hydrogen) atoms. The van der Waals surface area contributed by atoms with Gasteiger partial charge in [-0.05, 0) is 41.7 Å². The fourth-order valence-corrected chi connectivity index (χ4v) is 4.79. The second kappa shape index (κ2) is 15.6. The largest absolute Gasteiger partial charge is 0.497 e. The van der Waals surface area contributed by atoms with E-state index in [9.17, 15) is 14.4 Å². The summed E-state index contributed by atoms with van der Waals surface area (Å²) in [6.45, 7) is 4.42. The molecule has 0 fully saturated rings. The first kappa shape index (κ1) is 32.1. The van der Waals surface area contributed by atoms with Crippen LogP contribution >= 0.6 is 0 Å². The Labute approximate surface area is 257 Å². The van der Waals surface area contributed by atoms with Gasteiger partial charge in [0.15, 0.2) is 5.43 Å². The summed E-state index contributed by atoms with van der Waals surface area (Å²) in [5, 5.41) is 0.234. The molecule has 0 N–H and O–H groups in total. The van der Waals surface area contributed by atoms with E-state index in [0.29, 0.717) is 29.4 Å². The predicted molar refractivity (Wildman–Crippen MR) is 170 cm³/mol. The minimum atomic E-state index is -0.608. The Balaban J connectivity index is 1.47. The van der Waals surface area contributed by atoms with E-state index in [1.54, 1.807) is 37.5 Å². The van der Waals surface area contributed by atoms with Gasteiger partial charge >= 0.3 is 11.9 Å². The third kappa shape index (κ3) is 8.60. The van der Waals surface area contributed by atoms with E-state index in [1.165, 1.54) is 31.4 Å². The van der Waals surface area contributed by atoms with Crippen molar-refractivity contribution in [2.45, 2.75) is 52.6 Å². The molecule has 0 aliphatic carbocycles. The van der Waals surface area contributed by atoms with Crippen molar-refractivity contribution in [3.63, 3.8) is 0 Å². The molecule has 0 saturated carbocycles. The standard InChI is InChI=1S/C36H38O8/c1-5-7-8-24(6-2)19-35(39)42-23-26-9-14-27(15-10-26)31-22-30(37)36-32(41-4)20-29(21-33(36)44-31)43-34(38)18-13-25-11-16-28(40-3)17-12-25/h9-18,20-22,24H,5-8,19,23H2,1-4H3/b18-13+. The van der Waals surface area contributed by atoms with Gasteiger partial charge in [-0.1, -0.05) is 69.5 Å². The SMILES string of the molecule is CCCCC(CC)CC(=O)OCc1ccc(-c2cc(=O)c3c(OC)cc(OC(=O)/C=C/c4ccc(OC)cc4)cc3o2)cc1. The van der Waals surface area contributed by atoms with Gasteiger partial charge in [0, 0.05) is 36.3 Å². The molecule has 0 aliphatic heterocycles. The molecule has 8 heteroatoms. The molecule has 0 radical (unpaired) electrons. The zero-order chi connectivity index (χ0) is 31.5. The fraction of sp³-hybridized carbons (Fsp3) is 0.306. The van der Waals surface area contributed by atoms with Crippen molar-refractivity contribution >= 4 is 29.0 Å². The Morgan fingerprint density at radius 2 is 1.66 bits per heavy atom. The number of ether oxygens (including phenoxy) is 4. The lowest BCUT2D eigenvalue weighted by Crippen LogP contribution is -2.11. The maximum absolute atomic E-state index is 13.1. The third-order valence-corrected chi connectivity index (χ3v) is 7.37. The van der Waals surface area contributed by atoms with Gasteiger partial charge in [0.1, 0.15) is 40.6 Å². The molecule has 0 aliphatic rings. The molecule has 0 saturated heterocycles. The van der Waals surface area contributed by atoms with Crippen LogP contribution in [-0.4, -0.2) is 26.2 Å². The molecule has 0 bridgehead atoms. The predicted octanol–water partition coefficient (Wildman–Crippen LogP) is 7.75. The van der Waals surface area contributed by atoms with Crippen LogP contribution < -0.4 is 19.6 Å². The Morgan fingerprint density at radius 1 is 0.909 bits per heavy atom. The Morgan fingerprint density at radius 3 is 2.32 bits per heavy atom. The van der Waals surface area contributed by atoms with E-state index in [2.05, 4.69) is 13.8 Å². The summed E-state index contributed by atoms with van der Waals surface area (Å²) in [5.41, 5.74) is 2.19. The van der Waals surface area contributed by atoms with Crippen molar-refractivity contribution < 1.29 is 33.0 Å². The number of carbonyl (C=O) groups excluding carboxylic acids is 2. The summed E-state index contributed by atoms with van der Waals surface area (Å²) >= 11 is 0. The van der Waals surface area contributed by atoms with Gasteiger partial charge < -0.3 is 23.4 Å². The minimum Gasteiger partial charge on any atom is -0.497 e. The maximum atomic E-state index is 13.1. The summed E-state index contributed by atoms with van der Waals surface area (Å²) in [6, 6.07) is 18.8. The van der Waals surface area contributed by atoms with Gasteiger partial charge in [-0.15, -0.1) is 0 Å². The Hall–Kier alpha value is -4.85. The number of hydrogen-bond acceptors (Lipinski definition) is 8. The number of esters is 2. The van der Waals surface area contributed by atoms with Gasteiger partial charge in [-0.2, -0.15) is 0 Å². The van der Waals surface area contributed by atoms with Crippen molar-refractivity contribution in [1.82, 2.24) is 0 Å². The summed E-state index contributed by atoms with van der Waals surface area (Å²) in [4.78, 5) is 38.0. The quantitative estimate of drug-likeness (QED) is 0.0825. The highest BCUT2D eigenvalue weighted by Crippen LogP contribution is 2.32. The van der Waals surface area contributed by atoms with Crippen LogP contribution in [0.3, 0.4) is 0 Å². The normalized spacial score (nSPS) is 11.8. The maximum Gasteiger partial charge on any atom is 0.336 e. The third-order valence-electron chi connectivity index (χ3n) is 7.37. The number of methoxy groups -OCH3 is 2. The molecule has 8 nitrogen and oxygen atoms in total. The molecule has 0 spiro atoms. The van der Waals surface area contributed by atoms with Crippen molar-refractivity contribution in [3.8, 4) is 28.6 Å². The van der Waals surface area contributed by atoms with Gasteiger partial charge in [0.05, 0.1) is 14.2 Å². The number of unbranched alkanes of at least 4 members (excludes halogenated alkanes) is 1. The van der Waals surface area contributed by atoms with E-state index in [1.807, 2.05) is 24.3 Å². The van der Waals surface area contributed by atoms with Crippen LogP contribution in [0, 0.1) is 5.92 Å². The van der Waals surface area contributed by atoms with E-state index < -0.39 is 5.97 Å². The molecule has 4 aromatic rings. The van der Waals surface area contributed by atoms with Gasteiger partial charge in [0.25, 0.3) is 0 Å². The highest BCUT2D eigenvalue weighted by Gasteiger charge is 2.16. The van der Waals surface area contributed by atoms with Gasteiger partial charge in [0.2, 0.25) is 0 Å². The van der Waals surface area contributed by atoms with Gasteiger partial charge in [-0.25, -0.2) is 4.79 Å². The highest BCUT2D eigenvalue weighted by molar-refractivity contribution is 5.91. The lowest BCUT2D eigenvalue weighted by atomic mass is 9.96. The number of benzene rings is 3. The first-order valence-electron chi connectivity index (χ1n) is 14.8. The summed E-state index contributed by atoms with van der Waals surface area (Å²) in [6.07, 6.45) is 7.57. The average Bonchev–Trinajstić information content (AvgIpc) is 3.04. The smallest absolute Gasteiger partial charge is 0.336 e. The number of carbonyl (C=O) groups is 2. The van der Waals surface area contributed by atoms with Crippen LogP contribution in [0.15, 0.2) is 82.0 Å². The summed E-state index contributed by atoms with van der Waals surface area (Å²) in [7, 11) is 3.01. The summed E-state index contributed by atoms with van der Waals surface area (Å²) in [5.74, 6) is 0.973. The van der Waals surface area contributed by atoms with Crippen molar-refractivity contribution in [3.05, 3.63) is 94.2 Å². The topological polar surface area (TPSA) is 101 Å². The molecule has 3 aromatic carbocycles. The molecule has 1 aromatic heterocycles. The Kier molecular flexibility index (Phi) is 11.3. The molecule has 1 atom stereocenters. The summed E-state index contributed by atoms with van der Waals surface area (Å²) < 4.78 is 27.7.